The average molecular weight is 320 g/mol. The molecular weight excluding hydrogens is 309 g/mol. The molecule has 2 aromatic rings. The molecule has 3 nitrogen and oxygen atoms in total. The summed E-state index contributed by atoms with van der Waals surface area (Å²) >= 11 is 11.9. The van der Waals surface area contributed by atoms with Crippen molar-refractivity contribution in [2.75, 3.05) is 7.11 Å². The predicted molar refractivity (Wildman–Crippen MR) is 84.6 cm³/mol. The number of rotatable bonds is 3. The lowest BCUT2D eigenvalue weighted by atomic mass is 10.0. The van der Waals surface area contributed by atoms with E-state index in [0.29, 0.717) is 21.7 Å². The summed E-state index contributed by atoms with van der Waals surface area (Å²) in [5.41, 5.74) is 1.78. The lowest BCUT2D eigenvalue weighted by Crippen LogP contribution is -1.87. The molecule has 0 bridgehead atoms. The third-order valence-corrected chi connectivity index (χ3v) is 3.36. The topological polar surface area (TPSA) is 53.2 Å². The second kappa shape index (κ2) is 6.53. The van der Waals surface area contributed by atoms with Crippen LogP contribution >= 0.6 is 23.2 Å². The number of nitriles is 1. The van der Waals surface area contributed by atoms with Crippen molar-refractivity contribution in [2.45, 2.75) is 0 Å². The lowest BCUT2D eigenvalue weighted by Gasteiger charge is -2.07. The van der Waals surface area contributed by atoms with Crippen LogP contribution in [0.2, 0.25) is 10.0 Å². The number of halogens is 2. The van der Waals surface area contributed by atoms with Crippen molar-refractivity contribution in [3.63, 3.8) is 0 Å². The van der Waals surface area contributed by atoms with Crippen LogP contribution in [-0.2, 0) is 0 Å². The van der Waals surface area contributed by atoms with E-state index in [4.69, 9.17) is 27.9 Å². The largest absolute Gasteiger partial charge is 0.503 e. The van der Waals surface area contributed by atoms with Crippen LogP contribution in [0, 0.1) is 11.3 Å². The van der Waals surface area contributed by atoms with E-state index < -0.39 is 0 Å². The summed E-state index contributed by atoms with van der Waals surface area (Å²) in [6, 6.07) is 12.3. The zero-order valence-corrected chi connectivity index (χ0v) is 12.6. The van der Waals surface area contributed by atoms with Crippen LogP contribution in [-0.4, -0.2) is 12.2 Å². The molecule has 5 heteroatoms. The fourth-order valence-corrected chi connectivity index (χ4v) is 2.24. The molecule has 0 radical (unpaired) electrons. The first kappa shape index (κ1) is 15.2. The highest BCUT2D eigenvalue weighted by Crippen LogP contribution is 2.36. The maximum Gasteiger partial charge on any atom is 0.176 e. The van der Waals surface area contributed by atoms with E-state index in [1.54, 1.807) is 42.5 Å². The molecule has 0 unspecified atom stereocenters. The molecule has 21 heavy (non-hydrogen) atoms. The molecule has 2 aromatic carbocycles. The Hall–Kier alpha value is -2.15. The van der Waals surface area contributed by atoms with E-state index in [9.17, 15) is 10.4 Å². The first-order valence-corrected chi connectivity index (χ1v) is 6.75. The maximum atomic E-state index is 9.71. The number of phenols is 1. The van der Waals surface area contributed by atoms with Gasteiger partial charge in [-0.3, -0.25) is 0 Å². The van der Waals surface area contributed by atoms with Gasteiger partial charge in [0.15, 0.2) is 11.5 Å². The number of hydrogen-bond acceptors (Lipinski definition) is 3. The van der Waals surface area contributed by atoms with Gasteiger partial charge in [0.25, 0.3) is 0 Å². The van der Waals surface area contributed by atoms with Gasteiger partial charge in [0.05, 0.1) is 23.8 Å². The van der Waals surface area contributed by atoms with Crippen LogP contribution in [0.15, 0.2) is 36.4 Å². The van der Waals surface area contributed by atoms with Crippen molar-refractivity contribution in [1.82, 2.24) is 0 Å². The van der Waals surface area contributed by atoms with Gasteiger partial charge in [-0.25, -0.2) is 0 Å². The molecular formula is C16H11Cl2NO2. The molecule has 0 amide bonds. The van der Waals surface area contributed by atoms with Crippen LogP contribution < -0.4 is 4.74 Å². The van der Waals surface area contributed by atoms with E-state index in [1.807, 2.05) is 0 Å². The van der Waals surface area contributed by atoms with E-state index in [0.717, 1.165) is 0 Å². The monoisotopic (exact) mass is 319 g/mol. The van der Waals surface area contributed by atoms with Crippen molar-refractivity contribution in [1.29, 1.82) is 5.26 Å². The highest BCUT2D eigenvalue weighted by Gasteiger charge is 2.09. The van der Waals surface area contributed by atoms with Gasteiger partial charge < -0.3 is 9.84 Å². The molecule has 0 saturated heterocycles. The van der Waals surface area contributed by atoms with Gasteiger partial charge in [-0.2, -0.15) is 5.26 Å². The number of hydrogen-bond donors (Lipinski definition) is 1. The number of phenolic OH excluding ortho intramolecular Hbond substituents is 1. The van der Waals surface area contributed by atoms with Gasteiger partial charge in [-0.15, -0.1) is 0 Å². The normalized spacial score (nSPS) is 11.0. The minimum Gasteiger partial charge on any atom is -0.503 e. The first-order valence-electron chi connectivity index (χ1n) is 5.99. The van der Waals surface area contributed by atoms with Crippen LogP contribution in [0.25, 0.3) is 11.6 Å². The summed E-state index contributed by atoms with van der Waals surface area (Å²) in [6.07, 6.45) is 1.65. The van der Waals surface area contributed by atoms with Crippen molar-refractivity contribution in [3.05, 3.63) is 57.6 Å². The predicted octanol–water partition coefficient (Wildman–Crippen LogP) is 4.77. The molecule has 2 rings (SSSR count). The Morgan fingerprint density at radius 3 is 2.67 bits per heavy atom. The Morgan fingerprint density at radius 1 is 1.29 bits per heavy atom. The molecule has 0 atom stereocenters. The average Bonchev–Trinajstić information content (AvgIpc) is 2.48. The van der Waals surface area contributed by atoms with Crippen LogP contribution in [0.1, 0.15) is 11.1 Å². The quantitative estimate of drug-likeness (QED) is 0.654. The van der Waals surface area contributed by atoms with E-state index in [2.05, 4.69) is 6.07 Å². The van der Waals surface area contributed by atoms with Gasteiger partial charge in [-0.1, -0.05) is 35.3 Å². The number of methoxy groups -OCH3 is 1. The molecule has 0 spiro atoms. The van der Waals surface area contributed by atoms with Crippen LogP contribution in [0.5, 0.6) is 11.5 Å². The fourth-order valence-electron chi connectivity index (χ4n) is 1.84. The van der Waals surface area contributed by atoms with Gasteiger partial charge >= 0.3 is 0 Å². The second-order valence-corrected chi connectivity index (χ2v) is 5.08. The summed E-state index contributed by atoms with van der Waals surface area (Å²) in [5.74, 6) is 0.120. The van der Waals surface area contributed by atoms with Gasteiger partial charge in [0, 0.05) is 5.02 Å². The standard InChI is InChI=1S/C16H11Cl2NO2/c1-21-15-7-10(6-14(18)16(15)20)5-12(9-19)11-3-2-4-13(17)8-11/h2-8,20H,1H3/b12-5-. The van der Waals surface area contributed by atoms with Gasteiger partial charge in [0.2, 0.25) is 0 Å². The van der Waals surface area contributed by atoms with E-state index >= 15 is 0 Å². The summed E-state index contributed by atoms with van der Waals surface area (Å²) in [7, 11) is 1.43. The molecule has 0 heterocycles. The molecule has 0 saturated carbocycles. The van der Waals surface area contributed by atoms with Crippen LogP contribution in [0.3, 0.4) is 0 Å². The SMILES string of the molecule is COc1cc(/C=C(/C#N)c2cccc(Cl)c2)cc(Cl)c1O. The molecule has 0 fully saturated rings. The fraction of sp³-hybridized carbons (Fsp3) is 0.0625. The summed E-state index contributed by atoms with van der Waals surface area (Å²) < 4.78 is 5.04. The Morgan fingerprint density at radius 2 is 2.05 bits per heavy atom. The Bertz CT molecular complexity index is 748. The molecule has 0 aromatic heterocycles. The van der Waals surface area contributed by atoms with Crippen molar-refractivity contribution in [2.24, 2.45) is 0 Å². The number of allylic oxidation sites excluding steroid dienone is 1. The highest BCUT2D eigenvalue weighted by molar-refractivity contribution is 6.32. The third-order valence-electron chi connectivity index (χ3n) is 2.84. The molecule has 0 aliphatic heterocycles. The Balaban J connectivity index is 2.51. The van der Waals surface area contributed by atoms with E-state index in [1.165, 1.54) is 7.11 Å². The van der Waals surface area contributed by atoms with Crippen molar-refractivity contribution >= 4 is 34.9 Å². The Kier molecular flexibility index (Phi) is 4.74. The van der Waals surface area contributed by atoms with Crippen LogP contribution in [0.4, 0.5) is 0 Å². The molecule has 0 aliphatic rings. The smallest absolute Gasteiger partial charge is 0.176 e. The molecule has 106 valence electrons. The summed E-state index contributed by atoms with van der Waals surface area (Å²) in [5, 5.41) is 19.7. The highest BCUT2D eigenvalue weighted by atomic mass is 35.5. The second-order valence-electron chi connectivity index (χ2n) is 4.23. The minimum absolute atomic E-state index is 0.127. The third kappa shape index (κ3) is 3.49. The zero-order chi connectivity index (χ0) is 15.4. The zero-order valence-electron chi connectivity index (χ0n) is 11.1. The number of benzene rings is 2. The van der Waals surface area contributed by atoms with E-state index in [-0.39, 0.29) is 16.5 Å². The van der Waals surface area contributed by atoms with Gasteiger partial charge in [-0.05, 0) is 41.5 Å². The lowest BCUT2D eigenvalue weighted by molar-refractivity contribution is 0.373. The Labute approximate surface area is 132 Å². The van der Waals surface area contributed by atoms with Crippen molar-refractivity contribution < 1.29 is 9.84 Å². The summed E-state index contributed by atoms with van der Waals surface area (Å²) in [6.45, 7) is 0. The number of ether oxygens (including phenoxy) is 1. The number of aromatic hydroxyl groups is 1. The number of nitrogens with zero attached hydrogens (tertiary/aromatic N) is 1. The summed E-state index contributed by atoms with van der Waals surface area (Å²) in [4.78, 5) is 0. The minimum atomic E-state index is -0.127. The molecule has 0 aliphatic carbocycles. The maximum absolute atomic E-state index is 9.71. The first-order chi connectivity index (χ1) is 10.0. The molecule has 1 N–H and O–H groups in total. The van der Waals surface area contributed by atoms with Crippen molar-refractivity contribution in [3.8, 4) is 17.6 Å². The van der Waals surface area contributed by atoms with Gasteiger partial charge in [0.1, 0.15) is 0 Å².